The molecule has 0 bridgehead atoms. The van der Waals surface area contributed by atoms with Crippen molar-refractivity contribution in [2.24, 2.45) is 0 Å². The van der Waals surface area contributed by atoms with Gasteiger partial charge in [0.05, 0.1) is 11.4 Å². The first-order chi connectivity index (χ1) is 8.29. The minimum absolute atomic E-state index is 0.0328. The van der Waals surface area contributed by atoms with Crippen molar-refractivity contribution in [3.8, 4) is 0 Å². The van der Waals surface area contributed by atoms with Crippen molar-refractivity contribution in [3.63, 3.8) is 0 Å². The highest BCUT2D eigenvalue weighted by atomic mass is 32.2. The first-order valence-electron chi connectivity index (χ1n) is 5.94. The lowest BCUT2D eigenvalue weighted by atomic mass is 10.1. The van der Waals surface area contributed by atoms with Gasteiger partial charge in [0.2, 0.25) is 5.91 Å². The molecule has 0 heterocycles. The number of rotatable bonds is 5. The number of nitrogens with zero attached hydrogens (tertiary/aromatic N) is 1. The number of thioether (sulfide) groups is 1. The molecule has 0 unspecified atom stereocenters. The Morgan fingerprint density at radius 1 is 1.39 bits per heavy atom. The maximum atomic E-state index is 11.9. The summed E-state index contributed by atoms with van der Waals surface area (Å²) in [6.45, 7) is 5.78. The highest BCUT2D eigenvalue weighted by Gasteiger charge is 2.19. The summed E-state index contributed by atoms with van der Waals surface area (Å²) in [6.07, 6.45) is 0. The molecule has 0 aliphatic rings. The quantitative estimate of drug-likeness (QED) is 0.832. The number of hydrogen-bond acceptors (Lipinski definition) is 3. The van der Waals surface area contributed by atoms with Crippen molar-refractivity contribution >= 4 is 17.7 Å². The standard InChI is InChI=1S/C14H21NO2S/c1-11-7-5-6-8-12(11)18-9-13(16)15(4)10-14(2,3)17/h5-8,17H,9-10H2,1-4H3. The van der Waals surface area contributed by atoms with Crippen LogP contribution in [0.2, 0.25) is 0 Å². The third-order valence-electron chi connectivity index (χ3n) is 2.49. The second-order valence-corrected chi connectivity index (χ2v) is 6.13. The van der Waals surface area contributed by atoms with Crippen molar-refractivity contribution in [3.05, 3.63) is 29.8 Å². The number of carbonyl (C=O) groups is 1. The monoisotopic (exact) mass is 267 g/mol. The number of likely N-dealkylation sites (N-methyl/N-ethyl adjacent to an activating group) is 1. The van der Waals surface area contributed by atoms with E-state index in [2.05, 4.69) is 0 Å². The fourth-order valence-electron chi connectivity index (χ4n) is 1.64. The lowest BCUT2D eigenvalue weighted by Gasteiger charge is -2.25. The lowest BCUT2D eigenvalue weighted by Crippen LogP contribution is -2.40. The first-order valence-corrected chi connectivity index (χ1v) is 6.93. The zero-order valence-electron chi connectivity index (χ0n) is 11.4. The van der Waals surface area contributed by atoms with E-state index >= 15 is 0 Å². The average Bonchev–Trinajstić information content (AvgIpc) is 2.25. The van der Waals surface area contributed by atoms with E-state index in [0.29, 0.717) is 12.3 Å². The third kappa shape index (κ3) is 5.10. The molecule has 0 saturated carbocycles. The molecular weight excluding hydrogens is 246 g/mol. The van der Waals surface area contributed by atoms with Crippen LogP contribution in [0, 0.1) is 6.92 Å². The van der Waals surface area contributed by atoms with Gasteiger partial charge in [-0.3, -0.25) is 4.79 Å². The van der Waals surface area contributed by atoms with Gasteiger partial charge in [-0.05, 0) is 32.4 Å². The van der Waals surface area contributed by atoms with Crippen molar-refractivity contribution in [2.75, 3.05) is 19.3 Å². The summed E-state index contributed by atoms with van der Waals surface area (Å²) >= 11 is 1.54. The zero-order chi connectivity index (χ0) is 13.8. The molecule has 0 aromatic heterocycles. The van der Waals surface area contributed by atoms with E-state index in [9.17, 15) is 9.90 Å². The molecule has 1 amide bonds. The van der Waals surface area contributed by atoms with Gasteiger partial charge in [0.25, 0.3) is 0 Å². The van der Waals surface area contributed by atoms with Crippen molar-refractivity contribution in [1.82, 2.24) is 4.90 Å². The summed E-state index contributed by atoms with van der Waals surface area (Å²) in [4.78, 5) is 14.6. The molecule has 0 saturated heterocycles. The molecule has 0 spiro atoms. The molecule has 1 N–H and O–H groups in total. The number of amides is 1. The third-order valence-corrected chi connectivity index (χ3v) is 3.65. The van der Waals surface area contributed by atoms with Gasteiger partial charge >= 0.3 is 0 Å². The largest absolute Gasteiger partial charge is 0.389 e. The zero-order valence-corrected chi connectivity index (χ0v) is 12.3. The molecule has 0 radical (unpaired) electrons. The van der Waals surface area contributed by atoms with E-state index in [1.165, 1.54) is 17.3 Å². The van der Waals surface area contributed by atoms with Gasteiger partial charge in [-0.15, -0.1) is 11.8 Å². The maximum absolute atomic E-state index is 11.9. The molecule has 4 heteroatoms. The van der Waals surface area contributed by atoms with Gasteiger partial charge in [-0.1, -0.05) is 18.2 Å². The van der Waals surface area contributed by atoms with E-state index < -0.39 is 5.60 Å². The number of benzene rings is 1. The van der Waals surface area contributed by atoms with Gasteiger partial charge < -0.3 is 10.0 Å². The second kappa shape index (κ2) is 6.25. The maximum Gasteiger partial charge on any atom is 0.232 e. The Bertz CT molecular complexity index is 413. The number of aliphatic hydroxyl groups is 1. The molecule has 0 atom stereocenters. The summed E-state index contributed by atoms with van der Waals surface area (Å²) in [7, 11) is 1.72. The highest BCUT2D eigenvalue weighted by molar-refractivity contribution is 8.00. The molecule has 100 valence electrons. The van der Waals surface area contributed by atoms with Crippen molar-refractivity contribution < 1.29 is 9.90 Å². The van der Waals surface area contributed by atoms with E-state index in [-0.39, 0.29) is 5.91 Å². The predicted molar refractivity (Wildman–Crippen MR) is 75.8 cm³/mol. The first kappa shape index (κ1) is 15.1. The van der Waals surface area contributed by atoms with Crippen LogP contribution in [0.4, 0.5) is 0 Å². The molecule has 0 aliphatic carbocycles. The van der Waals surface area contributed by atoms with Crippen molar-refractivity contribution in [2.45, 2.75) is 31.3 Å². The summed E-state index contributed by atoms with van der Waals surface area (Å²) in [5.74, 6) is 0.433. The fraction of sp³-hybridized carbons (Fsp3) is 0.500. The molecule has 0 fully saturated rings. The van der Waals surface area contributed by atoms with Crippen LogP contribution in [0.5, 0.6) is 0 Å². The van der Waals surface area contributed by atoms with Gasteiger partial charge in [-0.25, -0.2) is 0 Å². The predicted octanol–water partition coefficient (Wildman–Crippen LogP) is 2.32. The van der Waals surface area contributed by atoms with Gasteiger partial charge in [-0.2, -0.15) is 0 Å². The minimum atomic E-state index is -0.849. The number of aryl methyl sites for hydroxylation is 1. The van der Waals surface area contributed by atoms with E-state index in [1.807, 2.05) is 31.2 Å². The second-order valence-electron chi connectivity index (χ2n) is 5.12. The highest BCUT2D eigenvalue weighted by Crippen LogP contribution is 2.22. The Balaban J connectivity index is 2.49. The van der Waals surface area contributed by atoms with E-state index in [1.54, 1.807) is 25.8 Å². The molecule has 18 heavy (non-hydrogen) atoms. The number of carbonyl (C=O) groups excluding carboxylic acids is 1. The van der Waals surface area contributed by atoms with Crippen LogP contribution in [0.25, 0.3) is 0 Å². The van der Waals surface area contributed by atoms with Crippen LogP contribution in [0.1, 0.15) is 19.4 Å². The Morgan fingerprint density at radius 3 is 2.56 bits per heavy atom. The molecule has 1 aromatic carbocycles. The Hall–Kier alpha value is -1.00. The van der Waals surface area contributed by atoms with Crippen LogP contribution in [0.3, 0.4) is 0 Å². The van der Waals surface area contributed by atoms with E-state index in [0.717, 1.165) is 4.90 Å². The van der Waals surface area contributed by atoms with E-state index in [4.69, 9.17) is 0 Å². The van der Waals surface area contributed by atoms with Gasteiger partial charge in [0.1, 0.15) is 0 Å². The Labute approximate surface area is 113 Å². The van der Waals surface area contributed by atoms with Crippen LogP contribution in [-0.4, -0.2) is 40.9 Å². The summed E-state index contributed by atoms with van der Waals surface area (Å²) in [6, 6.07) is 8.01. The average molecular weight is 267 g/mol. The lowest BCUT2D eigenvalue weighted by molar-refractivity contribution is -0.129. The molecule has 3 nitrogen and oxygen atoms in total. The fourth-order valence-corrected chi connectivity index (χ4v) is 2.61. The Kier molecular flexibility index (Phi) is 5.23. The van der Waals surface area contributed by atoms with Gasteiger partial charge in [0, 0.05) is 18.5 Å². The van der Waals surface area contributed by atoms with Gasteiger partial charge in [0.15, 0.2) is 0 Å². The van der Waals surface area contributed by atoms with Crippen molar-refractivity contribution in [1.29, 1.82) is 0 Å². The Morgan fingerprint density at radius 2 is 2.00 bits per heavy atom. The van der Waals surface area contributed by atoms with Crippen LogP contribution < -0.4 is 0 Å². The summed E-state index contributed by atoms with van der Waals surface area (Å²) in [5.41, 5.74) is 0.331. The molecular formula is C14H21NO2S. The van der Waals surface area contributed by atoms with Crippen LogP contribution in [-0.2, 0) is 4.79 Å². The SMILES string of the molecule is Cc1ccccc1SCC(=O)N(C)CC(C)(C)O. The minimum Gasteiger partial charge on any atom is -0.389 e. The van der Waals surface area contributed by atoms with Crippen LogP contribution >= 0.6 is 11.8 Å². The smallest absolute Gasteiger partial charge is 0.232 e. The van der Waals surface area contributed by atoms with Crippen LogP contribution in [0.15, 0.2) is 29.2 Å². The molecule has 0 aliphatic heterocycles. The normalized spacial score (nSPS) is 11.4. The summed E-state index contributed by atoms with van der Waals surface area (Å²) in [5, 5.41) is 9.67. The number of hydrogen-bond donors (Lipinski definition) is 1. The molecule has 1 aromatic rings. The molecule has 1 rings (SSSR count). The topological polar surface area (TPSA) is 40.5 Å². The summed E-state index contributed by atoms with van der Waals surface area (Å²) < 4.78 is 0.